The molecule has 0 saturated heterocycles. The van der Waals surface area contributed by atoms with Gasteiger partial charge in [0, 0.05) is 19.3 Å². The lowest BCUT2D eigenvalue weighted by atomic mass is 10.1. The maximum atomic E-state index is 11.1. The molecule has 0 aromatic rings. The number of hydrogen-bond acceptors (Lipinski definition) is 3. The first-order chi connectivity index (χ1) is 6.56. The molecule has 0 aliphatic rings. The number of carboxylic acid groups (broad SMARTS) is 1. The van der Waals surface area contributed by atoms with Crippen molar-refractivity contribution >= 4 is 17.5 Å². The van der Waals surface area contributed by atoms with Crippen molar-refractivity contribution in [2.24, 2.45) is 0 Å². The quantitative estimate of drug-likeness (QED) is 0.604. The summed E-state index contributed by atoms with van der Waals surface area (Å²) < 4.78 is 0. The fourth-order valence-corrected chi connectivity index (χ4v) is 1.11. The van der Waals surface area contributed by atoms with Crippen LogP contribution in [0.25, 0.3) is 0 Å². The highest BCUT2D eigenvalue weighted by Gasteiger charge is 2.09. The second kappa shape index (κ2) is 7.24. The van der Waals surface area contributed by atoms with Gasteiger partial charge in [0.2, 0.25) is 0 Å². The standard InChI is InChI=1S/C10H16O4/c1-2-4-8(11)7-9(12)5-3-6-10(13)14/h2-7H2,1H3,(H,13,14). The molecule has 0 saturated carbocycles. The Labute approximate surface area is 83.3 Å². The van der Waals surface area contributed by atoms with Crippen molar-refractivity contribution in [3.05, 3.63) is 0 Å². The topological polar surface area (TPSA) is 71.4 Å². The molecule has 0 spiro atoms. The van der Waals surface area contributed by atoms with E-state index >= 15 is 0 Å². The van der Waals surface area contributed by atoms with Gasteiger partial charge in [-0.3, -0.25) is 14.4 Å². The number of hydrogen-bond donors (Lipinski definition) is 1. The number of carboxylic acids is 1. The number of rotatable bonds is 8. The van der Waals surface area contributed by atoms with Gasteiger partial charge in [-0.25, -0.2) is 0 Å². The SMILES string of the molecule is CCCC(=O)CC(=O)CCCC(=O)O. The maximum Gasteiger partial charge on any atom is 0.303 e. The van der Waals surface area contributed by atoms with Crippen LogP contribution in [0.3, 0.4) is 0 Å². The first kappa shape index (κ1) is 12.8. The van der Waals surface area contributed by atoms with Crippen LogP contribution < -0.4 is 0 Å². The summed E-state index contributed by atoms with van der Waals surface area (Å²) in [5.41, 5.74) is 0. The minimum absolute atomic E-state index is 0.00624. The highest BCUT2D eigenvalue weighted by molar-refractivity contribution is 5.99. The molecule has 0 aliphatic carbocycles. The van der Waals surface area contributed by atoms with Crippen molar-refractivity contribution in [2.75, 3.05) is 0 Å². The molecule has 4 nitrogen and oxygen atoms in total. The summed E-state index contributed by atoms with van der Waals surface area (Å²) in [7, 11) is 0. The van der Waals surface area contributed by atoms with E-state index in [1.165, 1.54) is 0 Å². The second-order valence-corrected chi connectivity index (χ2v) is 3.25. The third-order valence-corrected chi connectivity index (χ3v) is 1.77. The number of carbonyl (C=O) groups excluding carboxylic acids is 2. The fraction of sp³-hybridized carbons (Fsp3) is 0.700. The summed E-state index contributed by atoms with van der Waals surface area (Å²) in [4.78, 5) is 32.2. The molecular formula is C10H16O4. The minimum Gasteiger partial charge on any atom is -0.481 e. The predicted octanol–water partition coefficient (Wildman–Crippen LogP) is 1.57. The van der Waals surface area contributed by atoms with E-state index in [2.05, 4.69) is 0 Å². The highest BCUT2D eigenvalue weighted by Crippen LogP contribution is 2.02. The normalized spacial score (nSPS) is 9.79. The van der Waals surface area contributed by atoms with Crippen molar-refractivity contribution in [3.8, 4) is 0 Å². The van der Waals surface area contributed by atoms with Gasteiger partial charge in [-0.05, 0) is 12.8 Å². The summed E-state index contributed by atoms with van der Waals surface area (Å²) in [5.74, 6) is -1.10. The summed E-state index contributed by atoms with van der Waals surface area (Å²) in [6, 6.07) is 0. The monoisotopic (exact) mass is 200 g/mol. The largest absolute Gasteiger partial charge is 0.481 e. The zero-order valence-corrected chi connectivity index (χ0v) is 8.41. The van der Waals surface area contributed by atoms with E-state index in [9.17, 15) is 14.4 Å². The Morgan fingerprint density at radius 3 is 2.07 bits per heavy atom. The Morgan fingerprint density at radius 2 is 1.57 bits per heavy atom. The van der Waals surface area contributed by atoms with E-state index in [0.29, 0.717) is 12.8 Å². The van der Waals surface area contributed by atoms with Crippen LogP contribution in [0.2, 0.25) is 0 Å². The van der Waals surface area contributed by atoms with Gasteiger partial charge in [-0.1, -0.05) is 6.92 Å². The summed E-state index contributed by atoms with van der Waals surface area (Å²) in [5, 5.41) is 8.31. The molecule has 0 rings (SSSR count). The summed E-state index contributed by atoms with van der Waals surface area (Å²) in [6.07, 6.45) is 1.67. The van der Waals surface area contributed by atoms with Crippen LogP contribution >= 0.6 is 0 Å². The number of ketones is 2. The van der Waals surface area contributed by atoms with Crippen LogP contribution in [0, 0.1) is 0 Å². The van der Waals surface area contributed by atoms with Crippen molar-refractivity contribution < 1.29 is 19.5 Å². The van der Waals surface area contributed by atoms with Gasteiger partial charge in [0.05, 0.1) is 6.42 Å². The van der Waals surface area contributed by atoms with Crippen LogP contribution in [0.1, 0.15) is 45.4 Å². The number of aliphatic carboxylic acids is 1. The van der Waals surface area contributed by atoms with E-state index < -0.39 is 5.97 Å². The van der Waals surface area contributed by atoms with Crippen molar-refractivity contribution in [1.82, 2.24) is 0 Å². The average Bonchev–Trinajstić information content (AvgIpc) is 2.03. The molecule has 0 radical (unpaired) electrons. The van der Waals surface area contributed by atoms with Crippen molar-refractivity contribution in [1.29, 1.82) is 0 Å². The van der Waals surface area contributed by atoms with Crippen LogP contribution in [0.4, 0.5) is 0 Å². The van der Waals surface area contributed by atoms with E-state index in [4.69, 9.17) is 5.11 Å². The molecule has 0 amide bonds. The van der Waals surface area contributed by atoms with Gasteiger partial charge < -0.3 is 5.11 Å². The Balaban J connectivity index is 3.55. The van der Waals surface area contributed by atoms with E-state index in [-0.39, 0.29) is 30.8 Å². The first-order valence-electron chi connectivity index (χ1n) is 4.81. The Hall–Kier alpha value is -1.19. The molecule has 0 bridgehead atoms. The van der Waals surface area contributed by atoms with Gasteiger partial charge in [0.15, 0.2) is 0 Å². The van der Waals surface area contributed by atoms with E-state index in [1.807, 2.05) is 6.92 Å². The lowest BCUT2D eigenvalue weighted by Crippen LogP contribution is -2.07. The van der Waals surface area contributed by atoms with Crippen molar-refractivity contribution in [2.45, 2.75) is 45.4 Å². The molecule has 0 atom stereocenters. The minimum atomic E-state index is -0.905. The third-order valence-electron chi connectivity index (χ3n) is 1.77. The Bertz CT molecular complexity index is 220. The third kappa shape index (κ3) is 7.46. The van der Waals surface area contributed by atoms with Crippen LogP contribution in [-0.2, 0) is 14.4 Å². The zero-order valence-electron chi connectivity index (χ0n) is 8.41. The number of Topliss-reactive ketones (excluding diaryl/α,β-unsaturated/α-hetero) is 2. The number of carbonyl (C=O) groups is 3. The van der Waals surface area contributed by atoms with Gasteiger partial charge in [-0.2, -0.15) is 0 Å². The predicted molar refractivity (Wildman–Crippen MR) is 51.0 cm³/mol. The first-order valence-corrected chi connectivity index (χ1v) is 4.81. The molecule has 4 heteroatoms. The molecule has 0 aromatic carbocycles. The molecule has 0 unspecified atom stereocenters. The van der Waals surface area contributed by atoms with Gasteiger partial charge in [0.1, 0.15) is 11.6 Å². The van der Waals surface area contributed by atoms with Gasteiger partial charge in [0.25, 0.3) is 0 Å². The van der Waals surface area contributed by atoms with Crippen molar-refractivity contribution in [3.63, 3.8) is 0 Å². The molecule has 0 aliphatic heterocycles. The summed E-state index contributed by atoms with van der Waals surface area (Å²) >= 11 is 0. The molecular weight excluding hydrogens is 184 g/mol. The van der Waals surface area contributed by atoms with Gasteiger partial charge >= 0.3 is 5.97 Å². The molecule has 0 fully saturated rings. The highest BCUT2D eigenvalue weighted by atomic mass is 16.4. The fourth-order valence-electron chi connectivity index (χ4n) is 1.11. The van der Waals surface area contributed by atoms with Crippen LogP contribution in [-0.4, -0.2) is 22.6 Å². The molecule has 80 valence electrons. The smallest absolute Gasteiger partial charge is 0.303 e. The summed E-state index contributed by atoms with van der Waals surface area (Å²) in [6.45, 7) is 1.88. The average molecular weight is 200 g/mol. The zero-order chi connectivity index (χ0) is 11.0. The molecule has 14 heavy (non-hydrogen) atoms. The van der Waals surface area contributed by atoms with Crippen LogP contribution in [0.5, 0.6) is 0 Å². The van der Waals surface area contributed by atoms with Gasteiger partial charge in [-0.15, -0.1) is 0 Å². The Morgan fingerprint density at radius 1 is 1.00 bits per heavy atom. The second-order valence-electron chi connectivity index (χ2n) is 3.25. The molecule has 1 N–H and O–H groups in total. The van der Waals surface area contributed by atoms with E-state index in [0.717, 1.165) is 6.42 Å². The molecule has 0 heterocycles. The van der Waals surface area contributed by atoms with E-state index in [1.54, 1.807) is 0 Å². The Kier molecular flexibility index (Phi) is 6.62. The maximum absolute atomic E-state index is 11.1. The lowest BCUT2D eigenvalue weighted by Gasteiger charge is -1.98. The molecule has 0 aromatic heterocycles. The lowest BCUT2D eigenvalue weighted by molar-refractivity contribution is -0.137. The van der Waals surface area contributed by atoms with Crippen LogP contribution in [0.15, 0.2) is 0 Å².